The van der Waals surface area contributed by atoms with Crippen LogP contribution in [0.25, 0.3) is 0 Å². The second kappa shape index (κ2) is 6.31. The molecule has 0 aromatic heterocycles. The topological polar surface area (TPSA) is 46.3 Å². The molecule has 3 nitrogen and oxygen atoms in total. The van der Waals surface area contributed by atoms with Gasteiger partial charge in [-0.3, -0.25) is 4.79 Å². The number of likely N-dealkylation sites (tertiary alicyclic amines) is 1. The van der Waals surface area contributed by atoms with Gasteiger partial charge in [-0.25, -0.2) is 0 Å². The number of alkyl halides is 3. The van der Waals surface area contributed by atoms with Crippen molar-refractivity contribution < 1.29 is 18.0 Å². The van der Waals surface area contributed by atoms with Crippen molar-refractivity contribution in [3.63, 3.8) is 0 Å². The smallest absolute Gasteiger partial charge is 0.342 e. The first kappa shape index (κ1) is 16.6. The lowest BCUT2D eigenvalue weighted by Crippen LogP contribution is -2.38. The molecule has 0 spiro atoms. The second-order valence-corrected chi connectivity index (χ2v) is 5.43. The Morgan fingerprint density at radius 2 is 1.95 bits per heavy atom. The van der Waals surface area contributed by atoms with Crippen molar-refractivity contribution in [2.45, 2.75) is 44.3 Å². The van der Waals surface area contributed by atoms with E-state index in [4.69, 9.17) is 5.73 Å². The first-order chi connectivity index (χ1) is 8.37. The summed E-state index contributed by atoms with van der Waals surface area (Å²) in [5.74, 6) is 0.297. The van der Waals surface area contributed by atoms with Crippen LogP contribution in [0.3, 0.4) is 0 Å². The summed E-state index contributed by atoms with van der Waals surface area (Å²) < 4.78 is 36.2. The van der Waals surface area contributed by atoms with Gasteiger partial charge in [-0.05, 0) is 24.7 Å². The molecule has 0 radical (unpaired) electrons. The lowest BCUT2D eigenvalue weighted by Gasteiger charge is -2.29. The predicted octanol–water partition coefficient (Wildman–Crippen LogP) is 2.34. The summed E-state index contributed by atoms with van der Waals surface area (Å²) in [6, 6.07) is 0.101. The van der Waals surface area contributed by atoms with E-state index in [0.717, 1.165) is 19.3 Å². The molecular weight excluding hydrogens is 281 g/mol. The minimum atomic E-state index is -4.25. The molecule has 1 aliphatic heterocycles. The Labute approximate surface area is 117 Å². The van der Waals surface area contributed by atoms with Gasteiger partial charge in [0.25, 0.3) is 0 Å². The minimum Gasteiger partial charge on any atom is -0.342 e. The fourth-order valence-corrected chi connectivity index (χ4v) is 3.13. The zero-order valence-electron chi connectivity index (χ0n) is 10.7. The summed E-state index contributed by atoms with van der Waals surface area (Å²) in [6.45, 7) is 1.14. The SMILES string of the molecule is Cl.NC1CCCC2CN(C(=O)CCC(F)(F)F)CC12. The standard InChI is InChI=1S/C12H19F3N2O.ClH/c13-12(14,15)5-4-11(18)17-6-8-2-1-3-10(16)9(8)7-17;/h8-10H,1-7,16H2;1H. The minimum absolute atomic E-state index is 0. The van der Waals surface area contributed by atoms with Crippen LogP contribution >= 0.6 is 12.4 Å². The number of halogens is 4. The average Bonchev–Trinajstić information content (AvgIpc) is 2.70. The van der Waals surface area contributed by atoms with Gasteiger partial charge in [0.05, 0.1) is 6.42 Å². The first-order valence-electron chi connectivity index (χ1n) is 6.47. The van der Waals surface area contributed by atoms with Gasteiger partial charge in [-0.1, -0.05) is 6.42 Å². The zero-order valence-corrected chi connectivity index (χ0v) is 11.5. The van der Waals surface area contributed by atoms with Gasteiger partial charge >= 0.3 is 6.18 Å². The van der Waals surface area contributed by atoms with Crippen molar-refractivity contribution in [3.8, 4) is 0 Å². The Balaban J connectivity index is 0.00000180. The number of fused-ring (bicyclic) bond motifs is 1. The van der Waals surface area contributed by atoms with E-state index in [2.05, 4.69) is 0 Å². The highest BCUT2D eigenvalue weighted by molar-refractivity contribution is 5.85. The van der Waals surface area contributed by atoms with Gasteiger partial charge in [0.2, 0.25) is 5.91 Å². The van der Waals surface area contributed by atoms with Crippen LogP contribution in [0.15, 0.2) is 0 Å². The Hall–Kier alpha value is -0.490. The zero-order chi connectivity index (χ0) is 13.3. The largest absolute Gasteiger partial charge is 0.389 e. The maximum Gasteiger partial charge on any atom is 0.389 e. The molecule has 2 rings (SSSR count). The van der Waals surface area contributed by atoms with Gasteiger partial charge < -0.3 is 10.6 Å². The summed E-state index contributed by atoms with van der Waals surface area (Å²) in [6.07, 6.45) is -2.64. The predicted molar refractivity (Wildman–Crippen MR) is 67.9 cm³/mol. The van der Waals surface area contributed by atoms with Crippen LogP contribution in [0.1, 0.15) is 32.1 Å². The molecule has 1 heterocycles. The lowest BCUT2D eigenvalue weighted by molar-refractivity contribution is -0.148. The normalized spacial score (nSPS) is 30.7. The van der Waals surface area contributed by atoms with Gasteiger partial charge in [0.1, 0.15) is 0 Å². The van der Waals surface area contributed by atoms with Crippen LogP contribution in [-0.2, 0) is 4.79 Å². The monoisotopic (exact) mass is 300 g/mol. The van der Waals surface area contributed by atoms with Crippen LogP contribution in [-0.4, -0.2) is 36.1 Å². The van der Waals surface area contributed by atoms with Gasteiger partial charge in [-0.15, -0.1) is 12.4 Å². The van der Waals surface area contributed by atoms with Crippen LogP contribution in [0.2, 0.25) is 0 Å². The molecule has 1 saturated heterocycles. The number of amides is 1. The van der Waals surface area contributed by atoms with Crippen molar-refractivity contribution in [2.75, 3.05) is 13.1 Å². The number of nitrogens with two attached hydrogens (primary N) is 1. The molecule has 112 valence electrons. The van der Waals surface area contributed by atoms with Crippen LogP contribution in [0.5, 0.6) is 0 Å². The summed E-state index contributed by atoms with van der Waals surface area (Å²) >= 11 is 0. The van der Waals surface area contributed by atoms with Gasteiger partial charge in [0.15, 0.2) is 0 Å². The molecular formula is C12H20ClF3N2O. The van der Waals surface area contributed by atoms with Crippen molar-refractivity contribution >= 4 is 18.3 Å². The van der Waals surface area contributed by atoms with E-state index in [1.165, 1.54) is 0 Å². The highest BCUT2D eigenvalue weighted by Crippen LogP contribution is 2.36. The van der Waals surface area contributed by atoms with Crippen LogP contribution < -0.4 is 5.73 Å². The third-order valence-electron chi connectivity index (χ3n) is 4.13. The van der Waals surface area contributed by atoms with E-state index in [0.29, 0.717) is 19.0 Å². The number of rotatable bonds is 2. The molecule has 0 bridgehead atoms. The average molecular weight is 301 g/mol. The number of nitrogens with zero attached hydrogens (tertiary/aromatic N) is 1. The third-order valence-corrected chi connectivity index (χ3v) is 4.13. The molecule has 1 aliphatic carbocycles. The number of hydrogen-bond acceptors (Lipinski definition) is 2. The van der Waals surface area contributed by atoms with E-state index in [1.807, 2.05) is 0 Å². The Morgan fingerprint density at radius 1 is 1.26 bits per heavy atom. The van der Waals surface area contributed by atoms with Gasteiger partial charge in [0, 0.05) is 25.6 Å². The molecule has 0 aromatic carbocycles. The van der Waals surface area contributed by atoms with E-state index in [1.54, 1.807) is 4.90 Å². The van der Waals surface area contributed by atoms with Crippen LogP contribution in [0, 0.1) is 11.8 Å². The van der Waals surface area contributed by atoms with Crippen molar-refractivity contribution in [3.05, 3.63) is 0 Å². The van der Waals surface area contributed by atoms with E-state index < -0.39 is 19.0 Å². The van der Waals surface area contributed by atoms with Crippen molar-refractivity contribution in [2.24, 2.45) is 17.6 Å². The van der Waals surface area contributed by atoms with E-state index in [-0.39, 0.29) is 30.3 Å². The Morgan fingerprint density at radius 3 is 2.53 bits per heavy atom. The fourth-order valence-electron chi connectivity index (χ4n) is 3.13. The Kier molecular flexibility index (Phi) is 5.50. The number of carbonyl (C=O) groups is 1. The summed E-state index contributed by atoms with van der Waals surface area (Å²) in [5.41, 5.74) is 6.01. The molecule has 1 saturated carbocycles. The molecule has 3 atom stereocenters. The summed E-state index contributed by atoms with van der Waals surface area (Å²) in [4.78, 5) is 13.3. The van der Waals surface area contributed by atoms with E-state index in [9.17, 15) is 18.0 Å². The maximum absolute atomic E-state index is 12.1. The molecule has 2 fully saturated rings. The molecule has 7 heteroatoms. The molecule has 1 amide bonds. The summed E-state index contributed by atoms with van der Waals surface area (Å²) in [7, 11) is 0. The van der Waals surface area contributed by atoms with E-state index >= 15 is 0 Å². The quantitative estimate of drug-likeness (QED) is 0.851. The van der Waals surface area contributed by atoms with Crippen molar-refractivity contribution in [1.29, 1.82) is 0 Å². The molecule has 19 heavy (non-hydrogen) atoms. The number of carbonyl (C=O) groups excluding carboxylic acids is 1. The van der Waals surface area contributed by atoms with Crippen LogP contribution in [0.4, 0.5) is 13.2 Å². The third kappa shape index (κ3) is 4.24. The first-order valence-corrected chi connectivity index (χ1v) is 6.47. The highest BCUT2D eigenvalue weighted by atomic mass is 35.5. The molecule has 3 unspecified atom stereocenters. The lowest BCUT2D eigenvalue weighted by atomic mass is 9.78. The molecule has 2 N–H and O–H groups in total. The second-order valence-electron chi connectivity index (χ2n) is 5.43. The highest BCUT2D eigenvalue weighted by Gasteiger charge is 2.40. The number of hydrogen-bond donors (Lipinski definition) is 1. The molecule has 2 aliphatic rings. The Bertz CT molecular complexity index is 325. The van der Waals surface area contributed by atoms with Gasteiger partial charge in [-0.2, -0.15) is 13.2 Å². The van der Waals surface area contributed by atoms with Crippen molar-refractivity contribution in [1.82, 2.24) is 4.90 Å². The maximum atomic E-state index is 12.1. The molecule has 0 aromatic rings. The summed E-state index contributed by atoms with van der Waals surface area (Å²) in [5, 5.41) is 0. The fraction of sp³-hybridized carbons (Fsp3) is 0.917.